The Kier molecular flexibility index (Phi) is 6.29. The number of fused-ring (bicyclic) bond motifs is 1. The molecular formula is C23H20N2O4S2. The zero-order chi connectivity index (χ0) is 21.8. The van der Waals surface area contributed by atoms with Crippen LogP contribution >= 0.6 is 23.1 Å². The Morgan fingerprint density at radius 3 is 2.68 bits per heavy atom. The lowest BCUT2D eigenvalue weighted by molar-refractivity contribution is -0.112. The molecule has 8 heteroatoms. The number of nitrogens with one attached hydrogen (secondary N) is 2. The molecule has 31 heavy (non-hydrogen) atoms. The second-order valence-electron chi connectivity index (χ2n) is 6.65. The maximum absolute atomic E-state index is 12.6. The number of methoxy groups -OCH3 is 2. The summed E-state index contributed by atoms with van der Waals surface area (Å²) in [5.74, 6) is 0.822. The number of thioether (sulfide) groups is 1. The van der Waals surface area contributed by atoms with Crippen molar-refractivity contribution in [3.05, 3.63) is 74.8 Å². The molecule has 158 valence electrons. The molecule has 2 aromatic carbocycles. The van der Waals surface area contributed by atoms with Gasteiger partial charge in [0.05, 0.1) is 31.4 Å². The van der Waals surface area contributed by atoms with Gasteiger partial charge in [-0.1, -0.05) is 23.9 Å². The minimum Gasteiger partial charge on any atom is -0.493 e. The van der Waals surface area contributed by atoms with Crippen molar-refractivity contribution in [3.8, 4) is 11.5 Å². The van der Waals surface area contributed by atoms with Gasteiger partial charge in [-0.15, -0.1) is 11.3 Å². The summed E-state index contributed by atoms with van der Waals surface area (Å²) in [6, 6.07) is 14.7. The highest BCUT2D eigenvalue weighted by atomic mass is 32.2. The molecule has 0 atom stereocenters. The molecule has 0 spiro atoms. The van der Waals surface area contributed by atoms with Crippen LogP contribution in [-0.2, 0) is 11.3 Å². The average molecular weight is 453 g/mol. The van der Waals surface area contributed by atoms with E-state index in [4.69, 9.17) is 9.47 Å². The van der Waals surface area contributed by atoms with E-state index in [1.807, 2.05) is 35.7 Å². The lowest BCUT2D eigenvalue weighted by atomic mass is 10.1. The Morgan fingerprint density at radius 1 is 1.10 bits per heavy atom. The van der Waals surface area contributed by atoms with E-state index in [1.54, 1.807) is 49.8 Å². The summed E-state index contributed by atoms with van der Waals surface area (Å²) in [4.78, 5) is 27.6. The van der Waals surface area contributed by atoms with Gasteiger partial charge in [0.25, 0.3) is 11.8 Å². The van der Waals surface area contributed by atoms with Crippen LogP contribution in [0.5, 0.6) is 11.5 Å². The molecule has 0 fully saturated rings. The predicted octanol–water partition coefficient (Wildman–Crippen LogP) is 4.78. The number of hydrogen-bond donors (Lipinski definition) is 2. The van der Waals surface area contributed by atoms with Crippen molar-refractivity contribution in [2.75, 3.05) is 19.5 Å². The Morgan fingerprint density at radius 2 is 1.94 bits per heavy atom. The molecule has 2 heterocycles. The number of carbonyl (C=O) groups is 2. The topological polar surface area (TPSA) is 76.7 Å². The van der Waals surface area contributed by atoms with Crippen LogP contribution in [0.3, 0.4) is 0 Å². The van der Waals surface area contributed by atoms with E-state index in [9.17, 15) is 9.59 Å². The SMILES string of the molecule is COc1ccc(/C=C2/Sc3ccc(C(=O)NCc4cccs4)cc3NC2=O)cc1OC. The molecule has 3 aromatic rings. The fourth-order valence-corrected chi connectivity index (χ4v) is 4.65. The molecule has 4 rings (SSSR count). The molecule has 1 aliphatic rings. The summed E-state index contributed by atoms with van der Waals surface area (Å²) >= 11 is 2.95. The standard InChI is InChI=1S/C23H20N2O4S2/c1-28-18-7-5-14(10-19(18)29-2)11-21-23(27)25-17-12-15(6-8-20(17)31-21)22(26)24-13-16-4-3-9-30-16/h3-12H,13H2,1-2H3,(H,24,26)(H,25,27)/b21-11+. The van der Waals surface area contributed by atoms with Crippen LogP contribution in [0.25, 0.3) is 6.08 Å². The van der Waals surface area contributed by atoms with Crippen LogP contribution in [0.2, 0.25) is 0 Å². The lowest BCUT2D eigenvalue weighted by Gasteiger charge is -2.19. The number of hydrogen-bond acceptors (Lipinski definition) is 6. The van der Waals surface area contributed by atoms with Crippen LogP contribution in [0.1, 0.15) is 20.8 Å². The third-order valence-electron chi connectivity index (χ3n) is 4.64. The van der Waals surface area contributed by atoms with Crippen LogP contribution < -0.4 is 20.1 Å². The Balaban J connectivity index is 1.51. The largest absolute Gasteiger partial charge is 0.493 e. The summed E-state index contributed by atoms with van der Waals surface area (Å²) in [7, 11) is 3.15. The quantitative estimate of drug-likeness (QED) is 0.527. The van der Waals surface area contributed by atoms with Crippen molar-refractivity contribution in [1.82, 2.24) is 5.32 Å². The Bertz CT molecular complexity index is 1160. The first kappa shape index (κ1) is 21.0. The minimum atomic E-state index is -0.219. The highest BCUT2D eigenvalue weighted by molar-refractivity contribution is 8.04. The molecule has 0 aliphatic carbocycles. The molecule has 0 bridgehead atoms. The first-order chi connectivity index (χ1) is 15.1. The van der Waals surface area contributed by atoms with Gasteiger partial charge in [-0.2, -0.15) is 0 Å². The number of rotatable bonds is 6. The molecular weight excluding hydrogens is 432 g/mol. The maximum Gasteiger partial charge on any atom is 0.262 e. The maximum atomic E-state index is 12.6. The van der Waals surface area contributed by atoms with Crippen molar-refractivity contribution in [2.45, 2.75) is 11.4 Å². The Labute approximate surface area is 188 Å². The number of benzene rings is 2. The molecule has 0 saturated carbocycles. The van der Waals surface area contributed by atoms with Crippen molar-refractivity contribution < 1.29 is 19.1 Å². The highest BCUT2D eigenvalue weighted by Gasteiger charge is 2.22. The van der Waals surface area contributed by atoms with Crippen LogP contribution in [0.4, 0.5) is 5.69 Å². The van der Waals surface area contributed by atoms with E-state index >= 15 is 0 Å². The molecule has 6 nitrogen and oxygen atoms in total. The third-order valence-corrected chi connectivity index (χ3v) is 6.62. The van der Waals surface area contributed by atoms with Gasteiger partial charge in [0.1, 0.15) is 0 Å². The fourth-order valence-electron chi connectivity index (χ4n) is 3.08. The van der Waals surface area contributed by atoms with E-state index in [2.05, 4.69) is 10.6 Å². The van der Waals surface area contributed by atoms with Gasteiger partial charge in [0, 0.05) is 15.3 Å². The molecule has 1 aromatic heterocycles. The number of carbonyl (C=O) groups excluding carboxylic acids is 2. The summed E-state index contributed by atoms with van der Waals surface area (Å²) in [5.41, 5.74) is 1.95. The molecule has 1 aliphatic heterocycles. The number of thiophene rings is 1. The van der Waals surface area contributed by atoms with Gasteiger partial charge in [0.15, 0.2) is 11.5 Å². The Hall–Kier alpha value is -3.23. The first-order valence-electron chi connectivity index (χ1n) is 9.45. The molecule has 0 unspecified atom stereocenters. The van der Waals surface area contributed by atoms with Gasteiger partial charge in [0.2, 0.25) is 0 Å². The van der Waals surface area contributed by atoms with Gasteiger partial charge < -0.3 is 20.1 Å². The van der Waals surface area contributed by atoms with Crippen LogP contribution in [0.15, 0.2) is 63.7 Å². The van der Waals surface area contributed by atoms with Gasteiger partial charge >= 0.3 is 0 Å². The van der Waals surface area contributed by atoms with Gasteiger partial charge in [-0.3, -0.25) is 9.59 Å². The zero-order valence-electron chi connectivity index (χ0n) is 16.9. The summed E-state index contributed by atoms with van der Waals surface area (Å²) in [6.45, 7) is 0.479. The van der Waals surface area contributed by atoms with E-state index in [0.717, 1.165) is 15.3 Å². The van der Waals surface area contributed by atoms with Crippen LogP contribution in [0, 0.1) is 0 Å². The molecule has 0 radical (unpaired) electrons. The zero-order valence-corrected chi connectivity index (χ0v) is 18.6. The fraction of sp³-hybridized carbons (Fsp3) is 0.130. The summed E-state index contributed by atoms with van der Waals surface area (Å²) in [6.07, 6.45) is 1.80. The third kappa shape index (κ3) is 4.76. The van der Waals surface area contributed by atoms with Crippen molar-refractivity contribution >= 4 is 46.7 Å². The highest BCUT2D eigenvalue weighted by Crippen LogP contribution is 2.40. The van der Waals surface area contributed by atoms with E-state index < -0.39 is 0 Å². The number of amides is 2. The lowest BCUT2D eigenvalue weighted by Crippen LogP contribution is -2.23. The summed E-state index contributed by atoms with van der Waals surface area (Å²) < 4.78 is 10.6. The number of anilines is 1. The first-order valence-corrected chi connectivity index (χ1v) is 11.1. The van der Waals surface area contributed by atoms with E-state index in [1.165, 1.54) is 11.8 Å². The van der Waals surface area contributed by atoms with Crippen molar-refractivity contribution in [3.63, 3.8) is 0 Å². The summed E-state index contributed by atoms with van der Waals surface area (Å²) in [5, 5.41) is 7.76. The van der Waals surface area contributed by atoms with Crippen molar-refractivity contribution in [2.24, 2.45) is 0 Å². The van der Waals surface area contributed by atoms with E-state index in [0.29, 0.717) is 34.2 Å². The molecule has 2 amide bonds. The average Bonchev–Trinajstić information content (AvgIpc) is 3.31. The van der Waals surface area contributed by atoms with Crippen molar-refractivity contribution in [1.29, 1.82) is 0 Å². The smallest absolute Gasteiger partial charge is 0.262 e. The normalized spacial score (nSPS) is 14.0. The van der Waals surface area contributed by atoms with E-state index in [-0.39, 0.29) is 11.8 Å². The predicted molar refractivity (Wildman–Crippen MR) is 124 cm³/mol. The molecule has 0 saturated heterocycles. The second kappa shape index (κ2) is 9.28. The molecule has 2 N–H and O–H groups in total. The van der Waals surface area contributed by atoms with Gasteiger partial charge in [-0.25, -0.2) is 0 Å². The second-order valence-corrected chi connectivity index (χ2v) is 8.77. The minimum absolute atomic E-state index is 0.179. The van der Waals surface area contributed by atoms with Gasteiger partial charge in [-0.05, 0) is 53.4 Å². The number of ether oxygens (including phenoxy) is 2. The monoisotopic (exact) mass is 452 g/mol. The van der Waals surface area contributed by atoms with Crippen LogP contribution in [-0.4, -0.2) is 26.0 Å².